The third-order valence-corrected chi connectivity index (χ3v) is 7.71. The van der Waals surface area contributed by atoms with E-state index in [-0.39, 0.29) is 17.0 Å². The maximum atomic E-state index is 13.6. The number of carbonyl (C=O) groups is 1. The molecule has 2 fully saturated rings. The van der Waals surface area contributed by atoms with Crippen molar-refractivity contribution in [3.05, 3.63) is 72.4 Å². The summed E-state index contributed by atoms with van der Waals surface area (Å²) < 4.78 is 28.9. The van der Waals surface area contributed by atoms with Crippen LogP contribution in [0.2, 0.25) is 0 Å². The monoisotopic (exact) mass is 501 g/mol. The molecule has 10 heteroatoms. The summed E-state index contributed by atoms with van der Waals surface area (Å²) in [6.07, 6.45) is 9.46. The van der Waals surface area contributed by atoms with Crippen LogP contribution >= 0.6 is 0 Å². The molecule has 5 heterocycles. The van der Waals surface area contributed by atoms with Crippen molar-refractivity contribution in [2.24, 2.45) is 0 Å². The molecule has 6 rings (SSSR count). The molecule has 188 valence electrons. The number of aromatic amines is 1. The van der Waals surface area contributed by atoms with Crippen LogP contribution in [0.1, 0.15) is 29.6 Å². The predicted octanol–water partition coefficient (Wildman–Crippen LogP) is 3.93. The molecule has 1 N–H and O–H groups in total. The van der Waals surface area contributed by atoms with Crippen LogP contribution < -0.4 is 0 Å². The first kappa shape index (κ1) is 23.3. The van der Waals surface area contributed by atoms with Crippen LogP contribution in [0.3, 0.4) is 0 Å². The molecule has 2 saturated heterocycles. The van der Waals surface area contributed by atoms with Crippen molar-refractivity contribution in [3.8, 4) is 17.3 Å². The van der Waals surface area contributed by atoms with E-state index in [1.807, 2.05) is 24.5 Å². The molecule has 2 aliphatic heterocycles. The Kier molecular flexibility index (Phi) is 5.72. The van der Waals surface area contributed by atoms with Gasteiger partial charge in [-0.3, -0.25) is 9.69 Å². The van der Waals surface area contributed by atoms with Crippen molar-refractivity contribution in [2.75, 3.05) is 26.2 Å². The fraction of sp³-hybridized carbons (Fsp3) is 0.333. The molecular formula is C27H25F2N7O. The molecule has 0 unspecified atom stereocenters. The van der Waals surface area contributed by atoms with E-state index in [1.54, 1.807) is 11.2 Å². The van der Waals surface area contributed by atoms with Crippen molar-refractivity contribution < 1.29 is 13.6 Å². The van der Waals surface area contributed by atoms with Crippen LogP contribution in [0.4, 0.5) is 8.78 Å². The van der Waals surface area contributed by atoms with Crippen molar-refractivity contribution in [1.82, 2.24) is 29.3 Å². The van der Waals surface area contributed by atoms with Crippen LogP contribution in [-0.2, 0) is 5.54 Å². The van der Waals surface area contributed by atoms with E-state index in [1.165, 1.54) is 6.07 Å². The minimum absolute atomic E-state index is 0.165. The molecule has 0 saturated carbocycles. The maximum absolute atomic E-state index is 13.6. The van der Waals surface area contributed by atoms with Gasteiger partial charge in [-0.1, -0.05) is 0 Å². The highest BCUT2D eigenvalue weighted by Crippen LogP contribution is 2.38. The molecule has 8 nitrogen and oxygen atoms in total. The van der Waals surface area contributed by atoms with Gasteiger partial charge in [-0.15, -0.1) is 0 Å². The molecular weight excluding hydrogens is 476 g/mol. The Labute approximate surface area is 212 Å². The number of rotatable bonds is 5. The van der Waals surface area contributed by atoms with Crippen LogP contribution in [0.15, 0.2) is 55.2 Å². The fourth-order valence-electron chi connectivity index (χ4n) is 5.66. The molecule has 0 bridgehead atoms. The van der Waals surface area contributed by atoms with Gasteiger partial charge in [0.15, 0.2) is 11.6 Å². The number of H-pyrrole nitrogens is 1. The Morgan fingerprint density at radius 1 is 1.14 bits per heavy atom. The van der Waals surface area contributed by atoms with Crippen LogP contribution in [0.25, 0.3) is 22.3 Å². The Balaban J connectivity index is 1.12. The average Bonchev–Trinajstić information content (AvgIpc) is 3.57. The first-order valence-corrected chi connectivity index (χ1v) is 12.3. The maximum Gasteiger partial charge on any atom is 0.253 e. The Hall–Kier alpha value is -4.10. The summed E-state index contributed by atoms with van der Waals surface area (Å²) in [6.45, 7) is 2.61. The number of carbonyl (C=O) groups excluding carboxylic acids is 1. The number of halogens is 2. The summed E-state index contributed by atoms with van der Waals surface area (Å²) in [5, 5.41) is 10.6. The van der Waals surface area contributed by atoms with E-state index < -0.39 is 11.6 Å². The smallest absolute Gasteiger partial charge is 0.253 e. The zero-order valence-corrected chi connectivity index (χ0v) is 20.1. The lowest BCUT2D eigenvalue weighted by molar-refractivity contribution is -0.0348. The highest BCUT2D eigenvalue weighted by atomic mass is 19.2. The first-order chi connectivity index (χ1) is 18.0. The molecule has 0 aliphatic carbocycles. The highest BCUT2D eigenvalue weighted by molar-refractivity contribution is 5.94. The van der Waals surface area contributed by atoms with Gasteiger partial charge in [0, 0.05) is 67.3 Å². The molecule has 0 atom stereocenters. The fourth-order valence-corrected chi connectivity index (χ4v) is 5.66. The Bertz CT molecular complexity index is 1510. The number of hydrogen-bond donors (Lipinski definition) is 1. The lowest BCUT2D eigenvalue weighted by atomic mass is 9.83. The van der Waals surface area contributed by atoms with Crippen molar-refractivity contribution in [2.45, 2.75) is 30.8 Å². The second kappa shape index (κ2) is 9.09. The number of fused-ring (bicyclic) bond motifs is 1. The van der Waals surface area contributed by atoms with Gasteiger partial charge in [-0.05, 0) is 43.2 Å². The van der Waals surface area contributed by atoms with Gasteiger partial charge in [-0.2, -0.15) is 5.26 Å². The van der Waals surface area contributed by atoms with Gasteiger partial charge < -0.3 is 14.5 Å². The molecule has 2 aliphatic rings. The Morgan fingerprint density at radius 3 is 2.70 bits per heavy atom. The van der Waals surface area contributed by atoms with Gasteiger partial charge in [0.1, 0.15) is 12.0 Å². The average molecular weight is 502 g/mol. The summed E-state index contributed by atoms with van der Waals surface area (Å²) in [6, 6.07) is 9.93. The number of aromatic nitrogens is 4. The number of nitrogens with zero attached hydrogens (tertiary/aromatic N) is 6. The quantitative estimate of drug-likeness (QED) is 0.447. The van der Waals surface area contributed by atoms with Gasteiger partial charge in [0.2, 0.25) is 0 Å². The zero-order chi connectivity index (χ0) is 25.6. The van der Waals surface area contributed by atoms with Crippen molar-refractivity contribution in [1.29, 1.82) is 5.26 Å². The van der Waals surface area contributed by atoms with E-state index >= 15 is 0 Å². The summed E-state index contributed by atoms with van der Waals surface area (Å²) in [7, 11) is 0. The van der Waals surface area contributed by atoms with E-state index in [4.69, 9.17) is 0 Å². The number of nitriles is 1. The van der Waals surface area contributed by atoms with Crippen LogP contribution in [-0.4, -0.2) is 67.4 Å². The molecule has 37 heavy (non-hydrogen) atoms. The molecule has 4 aromatic rings. The number of piperidine rings is 1. The zero-order valence-electron chi connectivity index (χ0n) is 20.1. The predicted molar refractivity (Wildman–Crippen MR) is 132 cm³/mol. The van der Waals surface area contributed by atoms with E-state index in [2.05, 4.69) is 36.7 Å². The third-order valence-electron chi connectivity index (χ3n) is 7.71. The third kappa shape index (κ3) is 4.05. The van der Waals surface area contributed by atoms with Crippen LogP contribution in [0.5, 0.6) is 0 Å². The van der Waals surface area contributed by atoms with E-state index in [0.717, 1.165) is 60.4 Å². The lowest BCUT2D eigenvalue weighted by Crippen LogP contribution is -2.66. The lowest BCUT2D eigenvalue weighted by Gasteiger charge is -2.54. The minimum Gasteiger partial charge on any atom is -0.346 e. The number of likely N-dealkylation sites (tertiary alicyclic amines) is 2. The summed E-state index contributed by atoms with van der Waals surface area (Å²) in [5.74, 6) is -2.25. The number of amides is 1. The second-order valence-electron chi connectivity index (χ2n) is 9.89. The number of benzene rings is 1. The van der Waals surface area contributed by atoms with Crippen molar-refractivity contribution in [3.63, 3.8) is 0 Å². The standard InChI is InChI=1S/C27H25F2N7O/c28-22-2-1-18(13-23(22)29)26(37)34-10-5-20(6-11-34)35-15-27(16-35,7-8-30)36-12-4-19(14-36)24-21-3-9-31-25(21)33-17-32-24/h1-4,9,12-14,17,20H,5-7,10-11,15-16H2,(H,31,32,33). The first-order valence-electron chi connectivity index (χ1n) is 12.3. The topological polar surface area (TPSA) is 93.8 Å². The number of nitrogens with one attached hydrogen (secondary N) is 1. The molecule has 1 aromatic carbocycles. The molecule has 0 radical (unpaired) electrons. The van der Waals surface area contributed by atoms with Gasteiger partial charge in [0.25, 0.3) is 5.91 Å². The normalized spacial score (nSPS) is 18.0. The minimum atomic E-state index is -1.01. The van der Waals surface area contributed by atoms with Gasteiger partial charge in [0.05, 0.1) is 23.7 Å². The highest BCUT2D eigenvalue weighted by Gasteiger charge is 2.47. The largest absolute Gasteiger partial charge is 0.346 e. The van der Waals surface area contributed by atoms with E-state index in [0.29, 0.717) is 25.6 Å². The summed E-state index contributed by atoms with van der Waals surface area (Å²) in [4.78, 5) is 28.7. The Morgan fingerprint density at radius 2 is 1.95 bits per heavy atom. The van der Waals surface area contributed by atoms with Gasteiger partial charge in [-0.25, -0.2) is 18.7 Å². The van der Waals surface area contributed by atoms with E-state index in [9.17, 15) is 18.8 Å². The molecule has 3 aromatic heterocycles. The van der Waals surface area contributed by atoms with Crippen molar-refractivity contribution >= 4 is 16.9 Å². The second-order valence-corrected chi connectivity index (χ2v) is 9.89. The number of hydrogen-bond acceptors (Lipinski definition) is 5. The molecule has 1 amide bonds. The van der Waals surface area contributed by atoms with Gasteiger partial charge >= 0.3 is 0 Å². The summed E-state index contributed by atoms with van der Waals surface area (Å²) >= 11 is 0. The van der Waals surface area contributed by atoms with Crippen LogP contribution in [0, 0.1) is 23.0 Å². The SMILES string of the molecule is N#CCC1(n2ccc(-c3ncnc4[nH]ccc34)c2)CN(C2CCN(C(=O)c3ccc(F)c(F)c3)CC2)C1. The summed E-state index contributed by atoms with van der Waals surface area (Å²) in [5.41, 5.74) is 2.47. The molecule has 0 spiro atoms.